The van der Waals surface area contributed by atoms with Crippen molar-refractivity contribution < 1.29 is 14.2 Å². The van der Waals surface area contributed by atoms with Crippen LogP contribution in [-0.4, -0.2) is 40.5 Å². The van der Waals surface area contributed by atoms with E-state index >= 15 is 0 Å². The highest BCUT2D eigenvalue weighted by molar-refractivity contribution is 5.39. The molecule has 4 heteroatoms. The highest BCUT2D eigenvalue weighted by atomic mass is 16.5. The Kier molecular flexibility index (Phi) is 5.67. The van der Waals surface area contributed by atoms with Gasteiger partial charge in [-0.2, -0.15) is 0 Å². The van der Waals surface area contributed by atoms with Crippen LogP contribution in [0.15, 0.2) is 24.3 Å². The van der Waals surface area contributed by atoms with Crippen molar-refractivity contribution in [2.45, 2.75) is 6.10 Å². The Morgan fingerprint density at radius 3 is 2.44 bits per heavy atom. The zero-order valence-electron chi connectivity index (χ0n) is 10.0. The van der Waals surface area contributed by atoms with E-state index in [-0.39, 0.29) is 6.10 Å². The van der Waals surface area contributed by atoms with Gasteiger partial charge in [0.15, 0.2) is 11.5 Å². The normalized spacial score (nSPS) is 12.2. The van der Waals surface area contributed by atoms with Crippen LogP contribution in [0, 0.1) is 0 Å². The molecule has 4 nitrogen and oxygen atoms in total. The first-order chi connectivity index (χ1) is 7.81. The van der Waals surface area contributed by atoms with E-state index in [1.54, 1.807) is 14.2 Å². The molecular weight excluding hydrogens is 206 g/mol. The van der Waals surface area contributed by atoms with Gasteiger partial charge < -0.3 is 19.5 Å². The average molecular weight is 225 g/mol. The minimum absolute atomic E-state index is 0.0219. The number of hydrogen-bond donors (Lipinski definition) is 1. The molecule has 0 saturated heterocycles. The zero-order chi connectivity index (χ0) is 11.8. The fourth-order valence-corrected chi connectivity index (χ4v) is 1.44. The molecule has 16 heavy (non-hydrogen) atoms. The maximum atomic E-state index is 5.80. The van der Waals surface area contributed by atoms with Crippen LogP contribution in [0.1, 0.15) is 0 Å². The number of hydrogen-bond acceptors (Lipinski definition) is 4. The van der Waals surface area contributed by atoms with E-state index in [9.17, 15) is 0 Å². The van der Waals surface area contributed by atoms with Crippen molar-refractivity contribution in [3.05, 3.63) is 24.3 Å². The highest BCUT2D eigenvalue weighted by Gasteiger charge is 2.11. The van der Waals surface area contributed by atoms with Gasteiger partial charge in [0.05, 0.1) is 13.7 Å². The molecule has 0 amide bonds. The number of para-hydroxylation sites is 2. The van der Waals surface area contributed by atoms with Gasteiger partial charge in [-0.1, -0.05) is 12.1 Å². The third-order valence-electron chi connectivity index (χ3n) is 2.15. The Balaban J connectivity index is 2.67. The molecule has 1 rings (SSSR count). The molecule has 1 atom stereocenters. The Labute approximate surface area is 96.5 Å². The lowest BCUT2D eigenvalue weighted by Crippen LogP contribution is -2.33. The summed E-state index contributed by atoms with van der Waals surface area (Å²) in [6.07, 6.45) is -0.0219. The van der Waals surface area contributed by atoms with Crippen molar-refractivity contribution in [3.63, 3.8) is 0 Å². The first-order valence-electron chi connectivity index (χ1n) is 5.25. The highest BCUT2D eigenvalue weighted by Crippen LogP contribution is 2.26. The van der Waals surface area contributed by atoms with Crippen LogP contribution in [0.5, 0.6) is 11.5 Å². The Bertz CT molecular complexity index is 298. The third-order valence-corrected chi connectivity index (χ3v) is 2.15. The van der Waals surface area contributed by atoms with E-state index in [1.807, 2.05) is 31.3 Å². The molecule has 0 spiro atoms. The average Bonchev–Trinajstić information content (AvgIpc) is 2.30. The van der Waals surface area contributed by atoms with Crippen LogP contribution in [0.4, 0.5) is 0 Å². The van der Waals surface area contributed by atoms with Crippen LogP contribution >= 0.6 is 0 Å². The van der Waals surface area contributed by atoms with Gasteiger partial charge in [0.25, 0.3) is 0 Å². The Morgan fingerprint density at radius 1 is 1.19 bits per heavy atom. The molecule has 0 bridgehead atoms. The quantitative estimate of drug-likeness (QED) is 0.759. The van der Waals surface area contributed by atoms with E-state index in [4.69, 9.17) is 14.2 Å². The van der Waals surface area contributed by atoms with E-state index < -0.39 is 0 Å². The summed E-state index contributed by atoms with van der Waals surface area (Å²) in [4.78, 5) is 0. The lowest BCUT2D eigenvalue weighted by Gasteiger charge is -2.19. The minimum atomic E-state index is -0.0219. The third kappa shape index (κ3) is 3.72. The van der Waals surface area contributed by atoms with Gasteiger partial charge in [-0.15, -0.1) is 0 Å². The second kappa shape index (κ2) is 7.09. The summed E-state index contributed by atoms with van der Waals surface area (Å²) in [6, 6.07) is 7.59. The van der Waals surface area contributed by atoms with Gasteiger partial charge in [0.1, 0.15) is 6.10 Å². The number of rotatable bonds is 7. The summed E-state index contributed by atoms with van der Waals surface area (Å²) in [5.74, 6) is 1.47. The van der Waals surface area contributed by atoms with E-state index in [0.29, 0.717) is 6.61 Å². The lowest BCUT2D eigenvalue weighted by atomic mass is 10.3. The summed E-state index contributed by atoms with van der Waals surface area (Å²) >= 11 is 0. The molecule has 0 aliphatic rings. The van der Waals surface area contributed by atoms with E-state index in [2.05, 4.69) is 5.32 Å². The molecule has 1 aromatic rings. The van der Waals surface area contributed by atoms with Crippen molar-refractivity contribution in [1.29, 1.82) is 0 Å². The predicted molar refractivity (Wildman–Crippen MR) is 63.2 cm³/mol. The summed E-state index contributed by atoms with van der Waals surface area (Å²) in [6.45, 7) is 1.27. The van der Waals surface area contributed by atoms with Crippen LogP contribution in [0.3, 0.4) is 0 Å². The standard InChI is InChI=1S/C12H19NO3/c1-13-8-10(9-14-2)16-12-7-5-4-6-11(12)15-3/h4-7,10,13H,8-9H2,1-3H3. The zero-order valence-corrected chi connectivity index (χ0v) is 10.0. The number of methoxy groups -OCH3 is 2. The van der Waals surface area contributed by atoms with Crippen LogP contribution in [0.25, 0.3) is 0 Å². The molecule has 0 radical (unpaired) electrons. The van der Waals surface area contributed by atoms with E-state index in [0.717, 1.165) is 18.0 Å². The number of benzene rings is 1. The fraction of sp³-hybridized carbons (Fsp3) is 0.500. The first-order valence-corrected chi connectivity index (χ1v) is 5.25. The van der Waals surface area contributed by atoms with Crippen molar-refractivity contribution in [2.75, 3.05) is 34.4 Å². The number of nitrogens with one attached hydrogen (secondary N) is 1. The molecule has 1 unspecified atom stereocenters. The summed E-state index contributed by atoms with van der Waals surface area (Å²) < 4.78 is 16.1. The number of ether oxygens (including phenoxy) is 3. The second-order valence-electron chi connectivity index (χ2n) is 3.40. The maximum absolute atomic E-state index is 5.80. The van der Waals surface area contributed by atoms with Gasteiger partial charge in [-0.25, -0.2) is 0 Å². The molecule has 0 aromatic heterocycles. The Hall–Kier alpha value is -1.26. The van der Waals surface area contributed by atoms with Crippen LogP contribution in [-0.2, 0) is 4.74 Å². The van der Waals surface area contributed by atoms with Crippen molar-refractivity contribution in [3.8, 4) is 11.5 Å². The van der Waals surface area contributed by atoms with Crippen molar-refractivity contribution in [1.82, 2.24) is 5.32 Å². The van der Waals surface area contributed by atoms with Gasteiger partial charge in [0.2, 0.25) is 0 Å². The second-order valence-corrected chi connectivity index (χ2v) is 3.40. The molecule has 1 N–H and O–H groups in total. The SMILES string of the molecule is CNCC(COC)Oc1ccccc1OC. The van der Waals surface area contributed by atoms with Crippen LogP contribution < -0.4 is 14.8 Å². The summed E-state index contributed by atoms with van der Waals surface area (Å²) in [7, 11) is 5.17. The molecule has 90 valence electrons. The maximum Gasteiger partial charge on any atom is 0.161 e. The molecule has 0 fully saturated rings. The van der Waals surface area contributed by atoms with E-state index in [1.165, 1.54) is 0 Å². The van der Waals surface area contributed by atoms with Gasteiger partial charge in [0, 0.05) is 13.7 Å². The molecule has 0 saturated carbocycles. The Morgan fingerprint density at radius 2 is 1.88 bits per heavy atom. The minimum Gasteiger partial charge on any atom is -0.493 e. The van der Waals surface area contributed by atoms with Gasteiger partial charge in [-0.3, -0.25) is 0 Å². The smallest absolute Gasteiger partial charge is 0.161 e. The van der Waals surface area contributed by atoms with Crippen molar-refractivity contribution in [2.24, 2.45) is 0 Å². The lowest BCUT2D eigenvalue weighted by molar-refractivity contribution is 0.0798. The molecular formula is C12H19NO3. The number of likely N-dealkylation sites (N-methyl/N-ethyl adjacent to an activating group) is 1. The first kappa shape index (κ1) is 12.8. The van der Waals surface area contributed by atoms with Gasteiger partial charge in [-0.05, 0) is 19.2 Å². The molecule has 0 aliphatic heterocycles. The monoisotopic (exact) mass is 225 g/mol. The van der Waals surface area contributed by atoms with Crippen LogP contribution in [0.2, 0.25) is 0 Å². The topological polar surface area (TPSA) is 39.7 Å². The molecule has 1 aromatic carbocycles. The summed E-state index contributed by atoms with van der Waals surface area (Å²) in [5.41, 5.74) is 0. The molecule has 0 heterocycles. The van der Waals surface area contributed by atoms with Gasteiger partial charge >= 0.3 is 0 Å². The fourth-order valence-electron chi connectivity index (χ4n) is 1.44. The predicted octanol–water partition coefficient (Wildman–Crippen LogP) is 1.31. The molecule has 0 aliphatic carbocycles. The summed E-state index contributed by atoms with van der Waals surface area (Å²) in [5, 5.41) is 3.06. The largest absolute Gasteiger partial charge is 0.493 e. The van der Waals surface area contributed by atoms with Crippen molar-refractivity contribution >= 4 is 0 Å².